The summed E-state index contributed by atoms with van der Waals surface area (Å²) in [7, 11) is 0. The van der Waals surface area contributed by atoms with Crippen LogP contribution < -0.4 is 10.6 Å². The van der Waals surface area contributed by atoms with Crippen molar-refractivity contribution in [1.82, 2.24) is 15.3 Å². The van der Waals surface area contributed by atoms with E-state index in [0.717, 1.165) is 42.0 Å². The van der Waals surface area contributed by atoms with Gasteiger partial charge in [0.2, 0.25) is 5.95 Å². The fourth-order valence-corrected chi connectivity index (χ4v) is 3.54. The largest absolute Gasteiger partial charge is 0.354 e. The normalized spacial score (nSPS) is 15.9. The minimum absolute atomic E-state index is 0.461. The van der Waals surface area contributed by atoms with Gasteiger partial charge in [-0.25, -0.2) is 9.97 Å². The van der Waals surface area contributed by atoms with Gasteiger partial charge in [-0.15, -0.1) is 0 Å². The van der Waals surface area contributed by atoms with Crippen LogP contribution in [0.2, 0.25) is 0 Å². The molecule has 2 heterocycles. The van der Waals surface area contributed by atoms with Gasteiger partial charge in [0.15, 0.2) is 0 Å². The van der Waals surface area contributed by atoms with Gasteiger partial charge in [0.25, 0.3) is 0 Å². The highest BCUT2D eigenvalue weighted by molar-refractivity contribution is 5.80. The molecule has 1 saturated heterocycles. The number of benzene rings is 1. The Balaban J connectivity index is 1.66. The Hall–Kier alpha value is -3.41. The first-order valence-electron chi connectivity index (χ1n) is 9.96. The molecule has 0 aliphatic carbocycles. The zero-order chi connectivity index (χ0) is 20.1. The van der Waals surface area contributed by atoms with Crippen LogP contribution in [0.15, 0.2) is 42.6 Å². The smallest absolute Gasteiger partial charge is 0.223 e. The first kappa shape index (κ1) is 18.9. The number of hydrogen-bond donors (Lipinski definition) is 2. The number of rotatable bonds is 5. The summed E-state index contributed by atoms with van der Waals surface area (Å²) in [6.45, 7) is 5.05. The van der Waals surface area contributed by atoms with E-state index in [4.69, 9.17) is 10.2 Å². The van der Waals surface area contributed by atoms with Crippen LogP contribution in [-0.4, -0.2) is 29.6 Å². The Morgan fingerprint density at radius 2 is 2.07 bits per heavy atom. The number of nitriles is 1. The fourth-order valence-electron chi connectivity index (χ4n) is 3.54. The molecule has 0 radical (unpaired) electrons. The van der Waals surface area contributed by atoms with Crippen LogP contribution in [0, 0.1) is 36.3 Å². The molecule has 5 nitrogen and oxygen atoms in total. The molecular weight excluding hydrogens is 358 g/mol. The molecule has 1 aromatic heterocycles. The van der Waals surface area contributed by atoms with Crippen molar-refractivity contribution in [3.8, 4) is 28.5 Å². The quantitative estimate of drug-likeness (QED) is 0.699. The maximum atomic E-state index is 9.05. The lowest BCUT2D eigenvalue weighted by atomic mass is 9.99. The van der Waals surface area contributed by atoms with E-state index < -0.39 is 0 Å². The van der Waals surface area contributed by atoms with E-state index in [0.29, 0.717) is 17.4 Å². The summed E-state index contributed by atoms with van der Waals surface area (Å²) < 4.78 is 0. The minimum Gasteiger partial charge on any atom is -0.354 e. The van der Waals surface area contributed by atoms with Gasteiger partial charge in [-0.05, 0) is 56.5 Å². The molecule has 2 N–H and O–H groups in total. The van der Waals surface area contributed by atoms with Gasteiger partial charge in [-0.3, -0.25) is 0 Å². The molecule has 1 aliphatic heterocycles. The number of anilines is 1. The molecule has 0 saturated carbocycles. The lowest BCUT2D eigenvalue weighted by Crippen LogP contribution is -2.33. The third-order valence-electron chi connectivity index (χ3n) is 5.22. The topological polar surface area (TPSA) is 73.6 Å². The van der Waals surface area contributed by atoms with Gasteiger partial charge < -0.3 is 10.6 Å². The second-order valence-electron chi connectivity index (χ2n) is 7.44. The summed E-state index contributed by atoms with van der Waals surface area (Å²) in [5.41, 5.74) is 5.23. The maximum absolute atomic E-state index is 9.05. The molecule has 1 unspecified atom stereocenters. The summed E-state index contributed by atoms with van der Waals surface area (Å²) >= 11 is 0. The van der Waals surface area contributed by atoms with E-state index in [9.17, 15) is 0 Å². The van der Waals surface area contributed by atoms with Crippen molar-refractivity contribution < 1.29 is 0 Å². The van der Waals surface area contributed by atoms with Crippen LogP contribution in [0.3, 0.4) is 0 Å². The lowest BCUT2D eigenvalue weighted by Gasteiger charge is -2.23. The SMILES string of the molecule is Cc1ccc(-c2cnc(NCC3CCCNC3)nc2-c2c#cc(C#N)cc2)cc1. The molecule has 0 spiro atoms. The predicted octanol–water partition coefficient (Wildman–Crippen LogP) is 4.00. The van der Waals surface area contributed by atoms with Crippen LogP contribution in [-0.2, 0) is 0 Å². The maximum Gasteiger partial charge on any atom is 0.223 e. The van der Waals surface area contributed by atoms with Crippen molar-refractivity contribution in [2.45, 2.75) is 19.8 Å². The van der Waals surface area contributed by atoms with Crippen molar-refractivity contribution >= 4 is 5.95 Å². The number of nitrogens with one attached hydrogen (secondary N) is 2. The second-order valence-corrected chi connectivity index (χ2v) is 7.44. The highest BCUT2D eigenvalue weighted by Crippen LogP contribution is 2.30. The molecule has 1 atom stereocenters. The summed E-state index contributed by atoms with van der Waals surface area (Å²) in [6.07, 6.45) is 4.29. The van der Waals surface area contributed by atoms with Gasteiger partial charge in [-0.2, -0.15) is 5.26 Å². The molecule has 0 amide bonds. The van der Waals surface area contributed by atoms with E-state index in [1.807, 2.05) is 12.3 Å². The molecule has 1 fully saturated rings. The van der Waals surface area contributed by atoms with E-state index in [1.165, 1.54) is 18.4 Å². The molecule has 144 valence electrons. The highest BCUT2D eigenvalue weighted by Gasteiger charge is 2.15. The Morgan fingerprint density at radius 1 is 1.21 bits per heavy atom. The summed E-state index contributed by atoms with van der Waals surface area (Å²) in [4.78, 5) is 9.37. The fraction of sp³-hybridized carbons (Fsp3) is 0.292. The third kappa shape index (κ3) is 4.54. The minimum atomic E-state index is 0.461. The number of hydrogen-bond acceptors (Lipinski definition) is 5. The number of piperidine rings is 1. The van der Waals surface area contributed by atoms with Crippen molar-refractivity contribution in [2.75, 3.05) is 25.0 Å². The lowest BCUT2D eigenvalue weighted by molar-refractivity contribution is 0.392. The van der Waals surface area contributed by atoms with Gasteiger partial charge in [0.1, 0.15) is 11.6 Å². The van der Waals surface area contributed by atoms with Gasteiger partial charge in [0, 0.05) is 18.3 Å². The summed E-state index contributed by atoms with van der Waals surface area (Å²) in [6, 6.07) is 20.0. The zero-order valence-electron chi connectivity index (χ0n) is 16.5. The van der Waals surface area contributed by atoms with Crippen LogP contribution in [0.25, 0.3) is 22.4 Å². The molecule has 1 aliphatic rings. The molecular formula is C24H23N5. The van der Waals surface area contributed by atoms with Crippen LogP contribution in [0.4, 0.5) is 5.95 Å². The third-order valence-corrected chi connectivity index (χ3v) is 5.22. The molecule has 3 aromatic rings. The van der Waals surface area contributed by atoms with Gasteiger partial charge >= 0.3 is 0 Å². The monoisotopic (exact) mass is 381 g/mol. The standard InChI is InChI=1S/C24H23N5/c1-17-4-8-20(9-5-17)22-16-28-24(27-15-19-3-2-12-26-14-19)29-23(22)21-10-6-18(13-25)7-11-21/h4-6,8-10,16,19,26H,2-3,12,14-15H2,1H3,(H,27,28,29). The van der Waals surface area contributed by atoms with Crippen LogP contribution in [0.5, 0.6) is 0 Å². The molecule has 29 heavy (non-hydrogen) atoms. The zero-order valence-corrected chi connectivity index (χ0v) is 16.5. The van der Waals surface area contributed by atoms with Crippen molar-refractivity contribution in [3.05, 3.63) is 65.9 Å². The van der Waals surface area contributed by atoms with Gasteiger partial charge in [-0.1, -0.05) is 42.0 Å². The summed E-state index contributed by atoms with van der Waals surface area (Å²) in [5.74, 6) is 1.20. The van der Waals surface area contributed by atoms with E-state index >= 15 is 0 Å². The Bertz CT molecular complexity index is 997. The molecule has 2 aromatic carbocycles. The van der Waals surface area contributed by atoms with E-state index in [-0.39, 0.29) is 0 Å². The first-order chi connectivity index (χ1) is 14.2. The molecule has 5 heteroatoms. The Labute approximate surface area is 171 Å². The second kappa shape index (κ2) is 8.73. The molecule has 0 bridgehead atoms. The van der Waals surface area contributed by atoms with Crippen molar-refractivity contribution in [3.63, 3.8) is 0 Å². The number of aromatic nitrogens is 2. The van der Waals surface area contributed by atoms with Crippen molar-refractivity contribution in [2.24, 2.45) is 5.92 Å². The highest BCUT2D eigenvalue weighted by atomic mass is 15.1. The van der Waals surface area contributed by atoms with Gasteiger partial charge in [0.05, 0.1) is 11.3 Å². The van der Waals surface area contributed by atoms with E-state index in [1.54, 1.807) is 6.07 Å². The Morgan fingerprint density at radius 3 is 2.76 bits per heavy atom. The summed E-state index contributed by atoms with van der Waals surface area (Å²) in [5, 5.41) is 15.9. The van der Waals surface area contributed by atoms with E-state index in [2.05, 4.69) is 65.0 Å². The molecule has 4 rings (SSSR count). The van der Waals surface area contributed by atoms with Crippen molar-refractivity contribution in [1.29, 1.82) is 5.26 Å². The Kier molecular flexibility index (Phi) is 5.70. The van der Waals surface area contributed by atoms with Crippen LogP contribution in [0.1, 0.15) is 24.0 Å². The number of nitrogens with zero attached hydrogens (tertiary/aromatic N) is 3. The first-order valence-corrected chi connectivity index (χ1v) is 9.96. The number of aryl methyl sites for hydroxylation is 1. The van der Waals surface area contributed by atoms with Crippen LogP contribution >= 0.6 is 0 Å². The average molecular weight is 381 g/mol. The average Bonchev–Trinajstić information content (AvgIpc) is 2.79. The predicted molar refractivity (Wildman–Crippen MR) is 114 cm³/mol.